The van der Waals surface area contributed by atoms with Crippen molar-refractivity contribution in [3.63, 3.8) is 0 Å². The predicted octanol–water partition coefficient (Wildman–Crippen LogP) is 2.17. The third kappa shape index (κ3) is 3.32. The lowest BCUT2D eigenvalue weighted by Gasteiger charge is -2.23. The molecular formula is C17H28N2O2. The molecule has 0 bridgehead atoms. The summed E-state index contributed by atoms with van der Waals surface area (Å²) in [5.74, 6) is 0.883. The maximum absolute atomic E-state index is 11.6. The van der Waals surface area contributed by atoms with Crippen molar-refractivity contribution >= 4 is 5.97 Å². The van der Waals surface area contributed by atoms with Crippen molar-refractivity contribution in [1.29, 1.82) is 0 Å². The van der Waals surface area contributed by atoms with Crippen LogP contribution in [0.1, 0.15) is 44.9 Å². The van der Waals surface area contributed by atoms with Crippen molar-refractivity contribution < 1.29 is 9.90 Å². The zero-order valence-corrected chi connectivity index (χ0v) is 12.8. The first-order valence-electron chi connectivity index (χ1n) is 8.58. The Morgan fingerprint density at radius 3 is 2.76 bits per heavy atom. The Labute approximate surface area is 127 Å². The van der Waals surface area contributed by atoms with Gasteiger partial charge in [0.15, 0.2) is 0 Å². The van der Waals surface area contributed by atoms with Crippen molar-refractivity contribution in [3.05, 3.63) is 12.2 Å². The Balaban J connectivity index is 1.66. The van der Waals surface area contributed by atoms with Crippen LogP contribution >= 0.6 is 0 Å². The summed E-state index contributed by atoms with van der Waals surface area (Å²) >= 11 is 0. The standard InChI is InChI=1S/C17H28N2O2/c20-16(21)17-10-15(17)8-3-1-2-4-9-18-11-13-6-5-7-14(13)12-19-17/h3,8,13-15,18-19H,1-2,4-7,9-12H2,(H,20,21)/b8-3+. The van der Waals surface area contributed by atoms with E-state index in [0.717, 1.165) is 38.4 Å². The van der Waals surface area contributed by atoms with E-state index in [1.165, 1.54) is 32.1 Å². The van der Waals surface area contributed by atoms with Crippen molar-refractivity contribution in [2.45, 2.75) is 50.5 Å². The number of fused-ring (bicyclic) bond motifs is 2. The monoisotopic (exact) mass is 292 g/mol. The van der Waals surface area contributed by atoms with Crippen LogP contribution in [0.5, 0.6) is 0 Å². The fourth-order valence-electron chi connectivity index (χ4n) is 4.07. The van der Waals surface area contributed by atoms with E-state index in [9.17, 15) is 9.90 Å². The van der Waals surface area contributed by atoms with Crippen LogP contribution in [0.15, 0.2) is 12.2 Å². The first-order valence-corrected chi connectivity index (χ1v) is 8.58. The molecule has 2 fully saturated rings. The molecule has 118 valence electrons. The summed E-state index contributed by atoms with van der Waals surface area (Å²) in [6.45, 7) is 3.08. The summed E-state index contributed by atoms with van der Waals surface area (Å²) in [5.41, 5.74) is -0.665. The molecule has 0 aromatic heterocycles. The molecule has 0 aromatic rings. The third-order valence-electron chi connectivity index (χ3n) is 5.64. The van der Waals surface area contributed by atoms with Gasteiger partial charge in [0.05, 0.1) is 0 Å². The summed E-state index contributed by atoms with van der Waals surface area (Å²) in [7, 11) is 0. The Kier molecular flexibility index (Phi) is 4.65. The number of carboxylic acids is 1. The van der Waals surface area contributed by atoms with Gasteiger partial charge >= 0.3 is 5.97 Å². The van der Waals surface area contributed by atoms with Crippen molar-refractivity contribution in [2.75, 3.05) is 19.6 Å². The molecule has 4 atom stereocenters. The lowest BCUT2D eigenvalue weighted by Crippen LogP contribution is -2.44. The first-order chi connectivity index (χ1) is 10.2. The summed E-state index contributed by atoms with van der Waals surface area (Å²) in [5, 5.41) is 16.6. The molecule has 4 nitrogen and oxygen atoms in total. The lowest BCUT2D eigenvalue weighted by atomic mass is 9.95. The number of carboxylic acid groups (broad SMARTS) is 1. The van der Waals surface area contributed by atoms with Gasteiger partial charge in [-0.2, -0.15) is 0 Å². The van der Waals surface area contributed by atoms with E-state index in [0.29, 0.717) is 5.92 Å². The summed E-state index contributed by atoms with van der Waals surface area (Å²) in [4.78, 5) is 11.6. The first kappa shape index (κ1) is 15.0. The molecule has 0 aromatic carbocycles. The zero-order chi connectivity index (χ0) is 14.7. The van der Waals surface area contributed by atoms with E-state index in [1.807, 2.05) is 0 Å². The van der Waals surface area contributed by atoms with E-state index < -0.39 is 11.5 Å². The van der Waals surface area contributed by atoms with E-state index in [1.54, 1.807) is 0 Å². The number of hydrogen-bond acceptors (Lipinski definition) is 3. The SMILES string of the molecule is O=C(O)C12CC1/C=C/CCCCNCC1CCCC1CN2. The largest absolute Gasteiger partial charge is 0.480 e. The van der Waals surface area contributed by atoms with Gasteiger partial charge in [-0.15, -0.1) is 0 Å². The van der Waals surface area contributed by atoms with Crippen LogP contribution in [0.4, 0.5) is 0 Å². The summed E-state index contributed by atoms with van der Waals surface area (Å²) in [6, 6.07) is 0. The fourth-order valence-corrected chi connectivity index (χ4v) is 4.07. The van der Waals surface area contributed by atoms with Gasteiger partial charge in [-0.3, -0.25) is 4.79 Å². The normalized spacial score (nSPS) is 42.4. The van der Waals surface area contributed by atoms with Gasteiger partial charge in [0, 0.05) is 5.92 Å². The molecule has 2 aliphatic carbocycles. The molecular weight excluding hydrogens is 264 g/mol. The average molecular weight is 292 g/mol. The highest BCUT2D eigenvalue weighted by Crippen LogP contribution is 2.45. The molecule has 4 heteroatoms. The lowest BCUT2D eigenvalue weighted by molar-refractivity contribution is -0.141. The van der Waals surface area contributed by atoms with Crippen LogP contribution < -0.4 is 10.6 Å². The summed E-state index contributed by atoms with van der Waals surface area (Å²) < 4.78 is 0. The number of hydrogen-bond donors (Lipinski definition) is 3. The number of nitrogens with one attached hydrogen (secondary N) is 2. The topological polar surface area (TPSA) is 61.4 Å². The van der Waals surface area contributed by atoms with Gasteiger partial charge in [0.2, 0.25) is 0 Å². The van der Waals surface area contributed by atoms with Crippen molar-refractivity contribution in [3.8, 4) is 0 Å². The molecule has 0 spiro atoms. The second-order valence-electron chi connectivity index (χ2n) is 7.05. The molecule has 2 saturated carbocycles. The van der Waals surface area contributed by atoms with Crippen LogP contribution in [0.25, 0.3) is 0 Å². The zero-order valence-electron chi connectivity index (χ0n) is 12.8. The number of carbonyl (C=O) groups is 1. The molecule has 0 radical (unpaired) electrons. The fraction of sp³-hybridized carbons (Fsp3) is 0.824. The maximum Gasteiger partial charge on any atom is 0.324 e. The minimum atomic E-state index is -0.670. The molecule has 0 saturated heterocycles. The minimum Gasteiger partial charge on any atom is -0.480 e. The smallest absolute Gasteiger partial charge is 0.324 e. The van der Waals surface area contributed by atoms with Crippen molar-refractivity contribution in [2.24, 2.45) is 17.8 Å². The molecule has 3 rings (SSSR count). The quantitative estimate of drug-likeness (QED) is 0.648. The Morgan fingerprint density at radius 2 is 1.95 bits per heavy atom. The minimum absolute atomic E-state index is 0.191. The number of rotatable bonds is 1. The highest BCUT2D eigenvalue weighted by atomic mass is 16.4. The highest BCUT2D eigenvalue weighted by Gasteiger charge is 2.59. The summed E-state index contributed by atoms with van der Waals surface area (Å²) in [6.07, 6.45) is 12.4. The molecule has 1 heterocycles. The molecule has 21 heavy (non-hydrogen) atoms. The molecule has 0 amide bonds. The van der Waals surface area contributed by atoms with Gasteiger partial charge < -0.3 is 15.7 Å². The van der Waals surface area contributed by atoms with Gasteiger partial charge in [-0.25, -0.2) is 0 Å². The van der Waals surface area contributed by atoms with Gasteiger partial charge in [-0.05, 0) is 70.0 Å². The van der Waals surface area contributed by atoms with Crippen LogP contribution in [0.3, 0.4) is 0 Å². The molecule has 3 N–H and O–H groups in total. The Morgan fingerprint density at radius 1 is 1.14 bits per heavy atom. The average Bonchev–Trinajstić information content (AvgIpc) is 3.00. The van der Waals surface area contributed by atoms with E-state index in [4.69, 9.17) is 0 Å². The van der Waals surface area contributed by atoms with E-state index in [2.05, 4.69) is 22.8 Å². The second kappa shape index (κ2) is 6.49. The third-order valence-corrected chi connectivity index (χ3v) is 5.64. The van der Waals surface area contributed by atoms with Crippen LogP contribution in [0, 0.1) is 17.8 Å². The number of allylic oxidation sites excluding steroid dienone is 1. The van der Waals surface area contributed by atoms with Gasteiger partial charge in [-0.1, -0.05) is 18.6 Å². The van der Waals surface area contributed by atoms with Gasteiger partial charge in [0.1, 0.15) is 5.54 Å². The second-order valence-corrected chi connectivity index (χ2v) is 7.05. The van der Waals surface area contributed by atoms with Crippen LogP contribution in [-0.4, -0.2) is 36.2 Å². The highest BCUT2D eigenvalue weighted by molar-refractivity contribution is 5.84. The number of aliphatic carboxylic acids is 1. The molecule has 4 unspecified atom stereocenters. The predicted molar refractivity (Wildman–Crippen MR) is 83.2 cm³/mol. The Hall–Kier alpha value is -0.870. The van der Waals surface area contributed by atoms with E-state index in [-0.39, 0.29) is 5.92 Å². The molecule has 3 aliphatic rings. The molecule has 1 aliphatic heterocycles. The van der Waals surface area contributed by atoms with Crippen LogP contribution in [0.2, 0.25) is 0 Å². The van der Waals surface area contributed by atoms with Gasteiger partial charge in [0.25, 0.3) is 0 Å². The van der Waals surface area contributed by atoms with E-state index >= 15 is 0 Å². The maximum atomic E-state index is 11.6. The Bertz CT molecular complexity index is 410. The van der Waals surface area contributed by atoms with Crippen molar-refractivity contribution in [1.82, 2.24) is 10.6 Å². The van der Waals surface area contributed by atoms with Crippen LogP contribution in [-0.2, 0) is 4.79 Å².